The fraction of sp³-hybridized carbons (Fsp3) is 0.333. The number of benzene rings is 1. The third-order valence-corrected chi connectivity index (χ3v) is 2.63. The van der Waals surface area contributed by atoms with Gasteiger partial charge in [-0.2, -0.15) is 0 Å². The van der Waals surface area contributed by atoms with Crippen LogP contribution in [0.15, 0.2) is 24.3 Å². The van der Waals surface area contributed by atoms with Crippen molar-refractivity contribution >= 4 is 29.3 Å². The van der Waals surface area contributed by atoms with Gasteiger partial charge < -0.3 is 15.7 Å². The normalized spacial score (nSPS) is 11.7. The van der Waals surface area contributed by atoms with Crippen molar-refractivity contribution in [2.75, 3.05) is 5.32 Å². The molecule has 0 radical (unpaired) electrons. The first-order chi connectivity index (χ1) is 8.54. The zero-order valence-electron chi connectivity index (χ0n) is 9.94. The van der Waals surface area contributed by atoms with E-state index in [-0.39, 0.29) is 0 Å². The number of rotatable bonds is 5. The largest absolute Gasteiger partial charge is 0.480 e. The Labute approximate surface area is 110 Å². The van der Waals surface area contributed by atoms with E-state index in [0.29, 0.717) is 23.6 Å². The van der Waals surface area contributed by atoms with Gasteiger partial charge in [0, 0.05) is 0 Å². The summed E-state index contributed by atoms with van der Waals surface area (Å²) in [5.74, 6) is -1.05. The predicted octanol–water partition coefficient (Wildman–Crippen LogP) is 2.71. The number of anilines is 1. The van der Waals surface area contributed by atoms with Crippen LogP contribution < -0.4 is 10.6 Å². The SMILES string of the molecule is CCCC(NC(=O)Nc1ccccc1Cl)C(=O)O. The molecule has 0 fully saturated rings. The van der Waals surface area contributed by atoms with Crippen molar-refractivity contribution in [3.63, 3.8) is 0 Å². The zero-order chi connectivity index (χ0) is 13.5. The van der Waals surface area contributed by atoms with Crippen molar-refractivity contribution < 1.29 is 14.7 Å². The average molecular weight is 271 g/mol. The molecule has 0 bridgehead atoms. The minimum atomic E-state index is -1.05. The smallest absolute Gasteiger partial charge is 0.326 e. The Morgan fingerprint density at radius 3 is 2.61 bits per heavy atom. The number of amides is 2. The standard InChI is InChI=1S/C12H15ClN2O3/c1-2-5-10(11(16)17)15-12(18)14-9-7-4-3-6-8(9)13/h3-4,6-7,10H,2,5H2,1H3,(H,16,17)(H2,14,15,18). The Bertz CT molecular complexity index is 437. The molecule has 0 saturated carbocycles. The first-order valence-corrected chi connectivity index (χ1v) is 5.97. The maximum Gasteiger partial charge on any atom is 0.326 e. The Morgan fingerprint density at radius 1 is 1.39 bits per heavy atom. The van der Waals surface area contributed by atoms with Gasteiger partial charge in [0.1, 0.15) is 6.04 Å². The maximum atomic E-state index is 11.6. The molecule has 1 rings (SSSR count). The van der Waals surface area contributed by atoms with E-state index in [1.54, 1.807) is 24.3 Å². The molecule has 1 aromatic rings. The van der Waals surface area contributed by atoms with Gasteiger partial charge in [-0.1, -0.05) is 37.1 Å². The van der Waals surface area contributed by atoms with E-state index in [2.05, 4.69) is 10.6 Å². The predicted molar refractivity (Wildman–Crippen MR) is 69.9 cm³/mol. The molecule has 1 aromatic carbocycles. The summed E-state index contributed by atoms with van der Waals surface area (Å²) in [6.45, 7) is 1.85. The minimum Gasteiger partial charge on any atom is -0.480 e. The molecule has 98 valence electrons. The van der Waals surface area contributed by atoms with Crippen molar-refractivity contribution in [1.82, 2.24) is 5.32 Å². The second-order valence-electron chi connectivity index (χ2n) is 3.76. The molecule has 3 N–H and O–H groups in total. The lowest BCUT2D eigenvalue weighted by molar-refractivity contribution is -0.139. The van der Waals surface area contributed by atoms with E-state index < -0.39 is 18.0 Å². The first kappa shape index (κ1) is 14.3. The highest BCUT2D eigenvalue weighted by atomic mass is 35.5. The molecule has 0 saturated heterocycles. The molecule has 0 aromatic heterocycles. The number of carboxylic acids is 1. The number of carbonyl (C=O) groups is 2. The number of para-hydroxylation sites is 1. The topological polar surface area (TPSA) is 78.4 Å². The molecule has 0 heterocycles. The lowest BCUT2D eigenvalue weighted by Gasteiger charge is -2.14. The van der Waals surface area contributed by atoms with Crippen LogP contribution in [0.25, 0.3) is 0 Å². The highest BCUT2D eigenvalue weighted by Gasteiger charge is 2.18. The van der Waals surface area contributed by atoms with Crippen LogP contribution in [0.5, 0.6) is 0 Å². The summed E-state index contributed by atoms with van der Waals surface area (Å²) < 4.78 is 0. The van der Waals surface area contributed by atoms with Gasteiger partial charge in [-0.25, -0.2) is 9.59 Å². The minimum absolute atomic E-state index is 0.380. The lowest BCUT2D eigenvalue weighted by atomic mass is 10.2. The van der Waals surface area contributed by atoms with Crippen molar-refractivity contribution in [2.24, 2.45) is 0 Å². The van der Waals surface area contributed by atoms with Crippen LogP contribution in [0.3, 0.4) is 0 Å². The molecule has 0 aliphatic heterocycles. The highest BCUT2D eigenvalue weighted by Crippen LogP contribution is 2.20. The fourth-order valence-electron chi connectivity index (χ4n) is 1.43. The Balaban J connectivity index is 2.61. The van der Waals surface area contributed by atoms with Crippen molar-refractivity contribution in [1.29, 1.82) is 0 Å². The third-order valence-electron chi connectivity index (χ3n) is 2.30. The highest BCUT2D eigenvalue weighted by molar-refractivity contribution is 6.33. The molecular formula is C12H15ClN2O3. The second kappa shape index (κ2) is 6.86. The summed E-state index contributed by atoms with van der Waals surface area (Å²) in [5.41, 5.74) is 0.442. The van der Waals surface area contributed by atoms with Crippen molar-refractivity contribution in [3.05, 3.63) is 29.3 Å². The third kappa shape index (κ3) is 4.25. The number of urea groups is 1. The summed E-state index contributed by atoms with van der Waals surface area (Å²) in [5, 5.41) is 14.2. The molecule has 0 aliphatic carbocycles. The zero-order valence-corrected chi connectivity index (χ0v) is 10.7. The van der Waals surface area contributed by atoms with Crippen LogP contribution in [0.4, 0.5) is 10.5 Å². The van der Waals surface area contributed by atoms with Gasteiger partial charge in [0.25, 0.3) is 0 Å². The quantitative estimate of drug-likeness (QED) is 0.770. The number of aliphatic carboxylic acids is 1. The van der Waals surface area contributed by atoms with Gasteiger partial charge in [0.15, 0.2) is 0 Å². The Hall–Kier alpha value is -1.75. The van der Waals surface area contributed by atoms with E-state index in [9.17, 15) is 9.59 Å². The van der Waals surface area contributed by atoms with Gasteiger partial charge in [0.2, 0.25) is 0 Å². The van der Waals surface area contributed by atoms with Gasteiger partial charge >= 0.3 is 12.0 Å². The average Bonchev–Trinajstić information content (AvgIpc) is 2.31. The van der Waals surface area contributed by atoms with Crippen molar-refractivity contribution in [2.45, 2.75) is 25.8 Å². The van der Waals surface area contributed by atoms with Gasteiger partial charge in [0.05, 0.1) is 10.7 Å². The van der Waals surface area contributed by atoms with Crippen molar-refractivity contribution in [3.8, 4) is 0 Å². The summed E-state index contributed by atoms with van der Waals surface area (Å²) in [7, 11) is 0. The molecule has 2 amide bonds. The first-order valence-electron chi connectivity index (χ1n) is 5.59. The number of halogens is 1. The lowest BCUT2D eigenvalue weighted by Crippen LogP contribution is -2.42. The van der Waals surface area contributed by atoms with E-state index in [4.69, 9.17) is 16.7 Å². The number of carboxylic acid groups (broad SMARTS) is 1. The van der Waals surface area contributed by atoms with Gasteiger partial charge in [-0.05, 0) is 18.6 Å². The number of hydrogen-bond acceptors (Lipinski definition) is 2. The molecule has 6 heteroatoms. The van der Waals surface area contributed by atoms with Crippen LogP contribution in [-0.2, 0) is 4.79 Å². The Morgan fingerprint density at radius 2 is 2.06 bits per heavy atom. The van der Waals surface area contributed by atoms with Crippen LogP contribution >= 0.6 is 11.6 Å². The number of hydrogen-bond donors (Lipinski definition) is 3. The molecule has 0 aliphatic rings. The molecule has 1 atom stereocenters. The van der Waals surface area contributed by atoms with E-state index in [1.807, 2.05) is 6.92 Å². The maximum absolute atomic E-state index is 11.6. The van der Waals surface area contributed by atoms with E-state index in [1.165, 1.54) is 0 Å². The summed E-state index contributed by atoms with van der Waals surface area (Å²) in [4.78, 5) is 22.5. The van der Waals surface area contributed by atoms with Crippen LogP contribution in [0, 0.1) is 0 Å². The van der Waals surface area contributed by atoms with Crippen LogP contribution in [-0.4, -0.2) is 23.1 Å². The fourth-order valence-corrected chi connectivity index (χ4v) is 1.61. The molecule has 18 heavy (non-hydrogen) atoms. The van der Waals surface area contributed by atoms with Crippen LogP contribution in [0.2, 0.25) is 5.02 Å². The summed E-state index contributed by atoms with van der Waals surface area (Å²) in [6.07, 6.45) is 1.05. The van der Waals surface area contributed by atoms with Gasteiger partial charge in [-0.3, -0.25) is 0 Å². The summed E-state index contributed by atoms with van der Waals surface area (Å²) >= 11 is 5.87. The summed E-state index contributed by atoms with van der Waals surface area (Å²) in [6, 6.07) is 5.27. The van der Waals surface area contributed by atoms with Crippen LogP contribution in [0.1, 0.15) is 19.8 Å². The molecule has 5 nitrogen and oxygen atoms in total. The van der Waals surface area contributed by atoms with Gasteiger partial charge in [-0.15, -0.1) is 0 Å². The molecular weight excluding hydrogens is 256 g/mol. The number of carbonyl (C=O) groups excluding carboxylic acids is 1. The second-order valence-corrected chi connectivity index (χ2v) is 4.17. The van der Waals surface area contributed by atoms with E-state index >= 15 is 0 Å². The Kier molecular flexibility index (Phi) is 5.45. The monoisotopic (exact) mass is 270 g/mol. The number of nitrogens with one attached hydrogen (secondary N) is 2. The molecule has 0 spiro atoms. The van der Waals surface area contributed by atoms with E-state index in [0.717, 1.165) is 0 Å². The molecule has 1 unspecified atom stereocenters.